The first-order valence-electron chi connectivity index (χ1n) is 5.69. The van der Waals surface area contributed by atoms with Crippen LogP contribution in [0.5, 0.6) is 0 Å². The lowest BCUT2D eigenvalue weighted by molar-refractivity contribution is 0.0888. The van der Waals surface area contributed by atoms with Crippen LogP contribution in [0.4, 0.5) is 9.18 Å². The van der Waals surface area contributed by atoms with Gasteiger partial charge in [0.25, 0.3) is 5.91 Å². The van der Waals surface area contributed by atoms with E-state index >= 15 is 0 Å². The zero-order valence-corrected chi connectivity index (χ0v) is 9.91. The van der Waals surface area contributed by atoms with Crippen molar-refractivity contribution in [3.63, 3.8) is 0 Å². The molecule has 1 aromatic carbocycles. The van der Waals surface area contributed by atoms with Gasteiger partial charge < -0.3 is 20.4 Å². The van der Waals surface area contributed by atoms with Crippen molar-refractivity contribution < 1.29 is 24.2 Å². The van der Waals surface area contributed by atoms with E-state index in [4.69, 9.17) is 5.11 Å². The van der Waals surface area contributed by atoms with Crippen LogP contribution in [-0.2, 0) is 0 Å². The Morgan fingerprint density at radius 3 is 2.42 bits per heavy atom. The molecule has 0 aromatic heterocycles. The van der Waals surface area contributed by atoms with Gasteiger partial charge >= 0.3 is 6.09 Å². The maximum absolute atomic E-state index is 12.7. The van der Waals surface area contributed by atoms with Gasteiger partial charge in [0.2, 0.25) is 0 Å². The number of nitrogens with zero attached hydrogens (tertiary/aromatic N) is 1. The van der Waals surface area contributed by atoms with Crippen LogP contribution in [0.1, 0.15) is 10.4 Å². The summed E-state index contributed by atoms with van der Waals surface area (Å²) in [5.74, 6) is -0.925. The number of likely N-dealkylation sites (tertiary alicyclic amines) is 1. The van der Waals surface area contributed by atoms with Crippen molar-refractivity contribution in [3.8, 4) is 0 Å². The molecule has 2 unspecified atom stereocenters. The summed E-state index contributed by atoms with van der Waals surface area (Å²) >= 11 is 0. The topological polar surface area (TPSA) is 89.9 Å². The molecule has 1 aliphatic rings. The maximum Gasteiger partial charge on any atom is 0.407 e. The Balaban J connectivity index is 1.99. The first kappa shape index (κ1) is 13.3. The van der Waals surface area contributed by atoms with E-state index in [1.807, 2.05) is 0 Å². The largest absolute Gasteiger partial charge is 0.465 e. The van der Waals surface area contributed by atoms with E-state index in [0.717, 1.165) is 17.0 Å². The van der Waals surface area contributed by atoms with Gasteiger partial charge in [-0.2, -0.15) is 0 Å². The third-order valence-electron chi connectivity index (χ3n) is 2.98. The van der Waals surface area contributed by atoms with Crippen molar-refractivity contribution in [2.45, 2.75) is 12.1 Å². The van der Waals surface area contributed by atoms with E-state index in [2.05, 4.69) is 5.32 Å². The molecule has 0 saturated carbocycles. The van der Waals surface area contributed by atoms with Gasteiger partial charge in [0.1, 0.15) is 5.82 Å². The van der Waals surface area contributed by atoms with E-state index in [9.17, 15) is 19.1 Å². The molecular weight excluding hydrogens is 255 g/mol. The summed E-state index contributed by atoms with van der Waals surface area (Å²) in [7, 11) is 0. The summed E-state index contributed by atoms with van der Waals surface area (Å²) in [4.78, 5) is 23.6. The Morgan fingerprint density at radius 1 is 1.26 bits per heavy atom. The van der Waals surface area contributed by atoms with E-state index in [0.29, 0.717) is 0 Å². The van der Waals surface area contributed by atoms with Gasteiger partial charge in [-0.15, -0.1) is 0 Å². The second-order valence-electron chi connectivity index (χ2n) is 4.34. The predicted molar refractivity (Wildman–Crippen MR) is 63.3 cm³/mol. The highest BCUT2D eigenvalue weighted by molar-refractivity contribution is 5.94. The minimum atomic E-state index is -1.14. The summed E-state index contributed by atoms with van der Waals surface area (Å²) < 4.78 is 12.7. The summed E-state index contributed by atoms with van der Waals surface area (Å²) in [6.45, 7) is -0.00681. The van der Waals surface area contributed by atoms with Crippen LogP contribution in [0, 0.1) is 5.82 Å². The molecule has 1 aliphatic heterocycles. The van der Waals surface area contributed by atoms with E-state index in [1.165, 1.54) is 12.1 Å². The average Bonchev–Trinajstić information content (AvgIpc) is 2.72. The molecule has 0 radical (unpaired) electrons. The molecule has 2 amide bonds. The molecule has 6 nitrogen and oxygen atoms in total. The number of hydrogen-bond acceptors (Lipinski definition) is 3. The number of β-amino-alcohol motifs (C(OH)–C–C–N with tert-alkyl or cyclic N) is 1. The maximum atomic E-state index is 12.7. The number of rotatable bonds is 2. The van der Waals surface area contributed by atoms with Crippen LogP contribution in [0.2, 0.25) is 0 Å². The number of halogens is 1. The van der Waals surface area contributed by atoms with Crippen LogP contribution < -0.4 is 5.32 Å². The molecule has 0 bridgehead atoms. The van der Waals surface area contributed by atoms with Gasteiger partial charge in [-0.1, -0.05) is 0 Å². The minimum Gasteiger partial charge on any atom is -0.465 e. The molecule has 7 heteroatoms. The number of aliphatic hydroxyl groups is 1. The number of hydrogen-bond donors (Lipinski definition) is 3. The minimum absolute atomic E-state index is 0.0312. The zero-order valence-electron chi connectivity index (χ0n) is 9.91. The Bertz CT molecular complexity index is 491. The Hall–Kier alpha value is -2.15. The van der Waals surface area contributed by atoms with Crippen LogP contribution in [0.3, 0.4) is 0 Å². The second kappa shape index (κ2) is 5.23. The Labute approximate surface area is 108 Å². The quantitative estimate of drug-likeness (QED) is 0.718. The lowest BCUT2D eigenvalue weighted by atomic mass is 10.1. The van der Waals surface area contributed by atoms with Gasteiger partial charge in [0.15, 0.2) is 0 Å². The number of amides is 2. The molecule has 3 N–H and O–H groups in total. The van der Waals surface area contributed by atoms with Crippen molar-refractivity contribution in [1.29, 1.82) is 0 Å². The van der Waals surface area contributed by atoms with Gasteiger partial charge in [-0.05, 0) is 24.3 Å². The highest BCUT2D eigenvalue weighted by Gasteiger charge is 2.34. The molecule has 2 rings (SSSR count). The monoisotopic (exact) mass is 268 g/mol. The SMILES string of the molecule is O=C(NC1CN(C(=O)O)CC1O)c1ccc(F)cc1. The fourth-order valence-corrected chi connectivity index (χ4v) is 1.94. The first-order chi connectivity index (χ1) is 8.97. The predicted octanol–water partition coefficient (Wildman–Crippen LogP) is 0.279. The zero-order chi connectivity index (χ0) is 14.0. The number of nitrogens with one attached hydrogen (secondary N) is 1. The molecule has 0 spiro atoms. The van der Waals surface area contributed by atoms with Crippen molar-refractivity contribution >= 4 is 12.0 Å². The standard InChI is InChI=1S/C12H13FN2O4/c13-8-3-1-7(2-4-8)11(17)14-9-5-15(12(18)19)6-10(9)16/h1-4,9-10,16H,5-6H2,(H,14,17)(H,18,19). The molecule has 2 atom stereocenters. The lowest BCUT2D eigenvalue weighted by Crippen LogP contribution is -2.43. The van der Waals surface area contributed by atoms with E-state index in [-0.39, 0.29) is 18.7 Å². The van der Waals surface area contributed by atoms with Crippen LogP contribution in [-0.4, -0.2) is 52.3 Å². The smallest absolute Gasteiger partial charge is 0.407 e. The normalized spacial score (nSPS) is 22.3. The second-order valence-corrected chi connectivity index (χ2v) is 4.34. The summed E-state index contributed by atoms with van der Waals surface area (Å²) in [6, 6.07) is 4.29. The number of benzene rings is 1. The third kappa shape index (κ3) is 3.00. The molecule has 1 saturated heterocycles. The Morgan fingerprint density at radius 2 is 1.89 bits per heavy atom. The molecule has 19 heavy (non-hydrogen) atoms. The summed E-state index contributed by atoms with van der Waals surface area (Å²) in [6.07, 6.45) is -2.09. The fourth-order valence-electron chi connectivity index (χ4n) is 1.94. The van der Waals surface area contributed by atoms with Crippen LogP contribution in [0.15, 0.2) is 24.3 Å². The van der Waals surface area contributed by atoms with Crippen molar-refractivity contribution in [3.05, 3.63) is 35.6 Å². The highest BCUT2D eigenvalue weighted by atomic mass is 19.1. The molecular formula is C12H13FN2O4. The van der Waals surface area contributed by atoms with Gasteiger partial charge in [0.05, 0.1) is 18.7 Å². The van der Waals surface area contributed by atoms with Crippen molar-refractivity contribution in [1.82, 2.24) is 10.2 Å². The molecule has 0 aliphatic carbocycles. The van der Waals surface area contributed by atoms with Gasteiger partial charge in [0, 0.05) is 12.1 Å². The number of aliphatic hydroxyl groups excluding tert-OH is 1. The highest BCUT2D eigenvalue weighted by Crippen LogP contribution is 2.11. The van der Waals surface area contributed by atoms with Gasteiger partial charge in [-0.3, -0.25) is 4.79 Å². The lowest BCUT2D eigenvalue weighted by Gasteiger charge is -2.15. The molecule has 1 aromatic rings. The van der Waals surface area contributed by atoms with E-state index in [1.54, 1.807) is 0 Å². The number of carbonyl (C=O) groups is 2. The van der Waals surface area contributed by atoms with Crippen LogP contribution >= 0.6 is 0 Å². The third-order valence-corrected chi connectivity index (χ3v) is 2.98. The Kier molecular flexibility index (Phi) is 3.66. The fraction of sp³-hybridized carbons (Fsp3) is 0.333. The van der Waals surface area contributed by atoms with Crippen molar-refractivity contribution in [2.75, 3.05) is 13.1 Å². The van der Waals surface area contributed by atoms with Crippen LogP contribution in [0.25, 0.3) is 0 Å². The molecule has 1 heterocycles. The number of carboxylic acid groups (broad SMARTS) is 1. The van der Waals surface area contributed by atoms with Gasteiger partial charge in [-0.25, -0.2) is 9.18 Å². The summed E-state index contributed by atoms with van der Waals surface area (Å²) in [5, 5.41) is 21.0. The molecule has 1 fully saturated rings. The van der Waals surface area contributed by atoms with Crippen molar-refractivity contribution in [2.24, 2.45) is 0 Å². The molecule has 102 valence electrons. The summed E-state index contributed by atoms with van der Waals surface area (Å²) in [5.41, 5.74) is 0.252. The number of carbonyl (C=O) groups excluding carboxylic acids is 1. The first-order valence-corrected chi connectivity index (χ1v) is 5.69. The average molecular weight is 268 g/mol. The van der Waals surface area contributed by atoms with E-state index < -0.39 is 30.0 Å².